The number of halogens is 2. The number of benzene rings is 2. The van der Waals surface area contributed by atoms with Gasteiger partial charge in [-0.05, 0) is 48.5 Å². The minimum absolute atomic E-state index is 0.340. The number of carbonyl (C=O) groups is 1. The lowest BCUT2D eigenvalue weighted by atomic mass is 10.0. The average Bonchev–Trinajstić information content (AvgIpc) is 2.62. The summed E-state index contributed by atoms with van der Waals surface area (Å²) in [5.41, 5.74) is 5.09. The Labute approximate surface area is 143 Å². The van der Waals surface area contributed by atoms with E-state index in [1.165, 1.54) is 12.1 Å². The molecule has 0 aliphatic heterocycles. The number of rotatable bonds is 3. The van der Waals surface area contributed by atoms with E-state index in [9.17, 15) is 9.18 Å². The Kier molecular flexibility index (Phi) is 4.55. The molecule has 3 N–H and O–H groups in total. The summed E-state index contributed by atoms with van der Waals surface area (Å²) in [6, 6.07) is 16.2. The van der Waals surface area contributed by atoms with Crippen molar-refractivity contribution >= 4 is 17.5 Å². The van der Waals surface area contributed by atoms with Crippen molar-refractivity contribution in [2.24, 2.45) is 5.84 Å². The van der Waals surface area contributed by atoms with E-state index in [0.29, 0.717) is 27.5 Å². The number of aromatic nitrogens is 1. The molecule has 1 amide bonds. The van der Waals surface area contributed by atoms with E-state index in [0.717, 1.165) is 5.56 Å². The molecule has 0 bridgehead atoms. The molecule has 3 rings (SSSR count). The molecule has 4 nitrogen and oxygen atoms in total. The highest BCUT2D eigenvalue weighted by molar-refractivity contribution is 6.30. The van der Waals surface area contributed by atoms with Gasteiger partial charge in [0.15, 0.2) is 0 Å². The van der Waals surface area contributed by atoms with E-state index in [2.05, 4.69) is 10.4 Å². The number of carbonyl (C=O) groups excluding carboxylic acids is 1. The van der Waals surface area contributed by atoms with E-state index in [-0.39, 0.29) is 5.82 Å². The normalized spacial score (nSPS) is 10.5. The van der Waals surface area contributed by atoms with Gasteiger partial charge in [0.25, 0.3) is 5.91 Å². The molecule has 24 heavy (non-hydrogen) atoms. The largest absolute Gasteiger partial charge is 0.290 e. The minimum Gasteiger partial charge on any atom is -0.290 e. The molecule has 0 saturated heterocycles. The molecule has 6 heteroatoms. The van der Waals surface area contributed by atoms with Gasteiger partial charge in [0.05, 0.1) is 11.4 Å². The van der Waals surface area contributed by atoms with Crippen molar-refractivity contribution in [3.05, 3.63) is 77.1 Å². The number of hydrogen-bond donors (Lipinski definition) is 2. The fourth-order valence-electron chi connectivity index (χ4n) is 2.28. The van der Waals surface area contributed by atoms with Gasteiger partial charge in [-0.2, -0.15) is 0 Å². The number of nitrogens with two attached hydrogens (primary N) is 1. The number of amides is 1. The van der Waals surface area contributed by atoms with Gasteiger partial charge < -0.3 is 0 Å². The highest BCUT2D eigenvalue weighted by atomic mass is 35.5. The van der Waals surface area contributed by atoms with Gasteiger partial charge in [0, 0.05) is 21.7 Å². The second-order valence-corrected chi connectivity index (χ2v) is 5.55. The van der Waals surface area contributed by atoms with Crippen molar-refractivity contribution < 1.29 is 9.18 Å². The number of pyridine rings is 1. The molecule has 3 aromatic rings. The predicted octanol–water partition coefficient (Wildman–Crippen LogP) is 3.81. The molecule has 0 spiro atoms. The topological polar surface area (TPSA) is 68.0 Å². The lowest BCUT2D eigenvalue weighted by Crippen LogP contribution is -2.30. The predicted molar refractivity (Wildman–Crippen MR) is 91.7 cm³/mol. The van der Waals surface area contributed by atoms with Gasteiger partial charge in [-0.3, -0.25) is 10.2 Å². The summed E-state index contributed by atoms with van der Waals surface area (Å²) in [6.07, 6.45) is 0. The van der Waals surface area contributed by atoms with Crippen molar-refractivity contribution in [2.45, 2.75) is 0 Å². The van der Waals surface area contributed by atoms with Gasteiger partial charge in [-0.25, -0.2) is 15.2 Å². The van der Waals surface area contributed by atoms with E-state index in [1.807, 2.05) is 12.1 Å². The first-order valence-electron chi connectivity index (χ1n) is 7.12. The van der Waals surface area contributed by atoms with Gasteiger partial charge in [0.1, 0.15) is 5.82 Å². The number of nitrogens with zero attached hydrogens (tertiary/aromatic N) is 1. The zero-order valence-electron chi connectivity index (χ0n) is 12.5. The zero-order valence-corrected chi connectivity index (χ0v) is 13.2. The monoisotopic (exact) mass is 341 g/mol. The molecule has 1 aromatic heterocycles. The highest BCUT2D eigenvalue weighted by Crippen LogP contribution is 2.26. The third-order valence-corrected chi connectivity index (χ3v) is 3.75. The first-order chi connectivity index (χ1) is 11.6. The van der Waals surface area contributed by atoms with Crippen molar-refractivity contribution in [1.82, 2.24) is 10.4 Å². The summed E-state index contributed by atoms with van der Waals surface area (Å²) >= 11 is 5.91. The maximum absolute atomic E-state index is 13.1. The van der Waals surface area contributed by atoms with Crippen LogP contribution in [0.15, 0.2) is 60.7 Å². The maximum atomic E-state index is 13.1. The fraction of sp³-hybridized carbons (Fsp3) is 0. The summed E-state index contributed by atoms with van der Waals surface area (Å²) in [7, 11) is 0. The first kappa shape index (κ1) is 16.1. The van der Waals surface area contributed by atoms with Gasteiger partial charge in [0.2, 0.25) is 0 Å². The number of nitrogen functional groups attached to an aromatic ring is 1. The Balaban J connectivity index is 2.14. The van der Waals surface area contributed by atoms with Crippen LogP contribution in [0.4, 0.5) is 4.39 Å². The Morgan fingerprint density at radius 3 is 1.96 bits per heavy atom. The highest BCUT2D eigenvalue weighted by Gasteiger charge is 2.12. The Morgan fingerprint density at radius 1 is 0.958 bits per heavy atom. The van der Waals surface area contributed by atoms with Crippen LogP contribution >= 0.6 is 11.6 Å². The fourth-order valence-corrected chi connectivity index (χ4v) is 2.41. The smallest absolute Gasteiger partial charge is 0.265 e. The van der Waals surface area contributed by atoms with Crippen molar-refractivity contribution in [2.75, 3.05) is 0 Å². The maximum Gasteiger partial charge on any atom is 0.265 e. The first-order valence-corrected chi connectivity index (χ1v) is 7.49. The van der Waals surface area contributed by atoms with Crippen molar-refractivity contribution in [3.63, 3.8) is 0 Å². The van der Waals surface area contributed by atoms with Crippen LogP contribution in [-0.2, 0) is 0 Å². The summed E-state index contributed by atoms with van der Waals surface area (Å²) < 4.78 is 13.1. The molecule has 0 aliphatic rings. The van der Waals surface area contributed by atoms with Crippen LogP contribution in [0.1, 0.15) is 10.4 Å². The van der Waals surface area contributed by atoms with Crippen molar-refractivity contribution in [3.8, 4) is 22.5 Å². The third kappa shape index (κ3) is 3.42. The van der Waals surface area contributed by atoms with Crippen LogP contribution < -0.4 is 11.3 Å². The summed E-state index contributed by atoms with van der Waals surface area (Å²) in [5.74, 6) is 4.46. The Bertz CT molecular complexity index is 816. The third-order valence-electron chi connectivity index (χ3n) is 3.50. The Hall–Kier alpha value is -2.76. The average molecular weight is 342 g/mol. The van der Waals surface area contributed by atoms with Crippen LogP contribution in [0.2, 0.25) is 5.02 Å². The molecule has 0 unspecified atom stereocenters. The molecular formula is C18H13ClFN3O. The molecule has 1 heterocycles. The molecule has 0 radical (unpaired) electrons. The number of hydrazine groups is 1. The summed E-state index contributed by atoms with van der Waals surface area (Å²) in [6.45, 7) is 0. The lowest BCUT2D eigenvalue weighted by molar-refractivity contribution is 0.0953. The van der Waals surface area contributed by atoms with Crippen LogP contribution in [0.3, 0.4) is 0 Å². The van der Waals surface area contributed by atoms with Gasteiger partial charge >= 0.3 is 0 Å². The SMILES string of the molecule is NNC(=O)c1cc(-c2ccc(F)cc2)nc(-c2ccc(Cl)cc2)c1. The second-order valence-electron chi connectivity index (χ2n) is 5.11. The van der Waals surface area contributed by atoms with E-state index < -0.39 is 5.91 Å². The molecule has 0 saturated carbocycles. The van der Waals surface area contributed by atoms with Crippen molar-refractivity contribution in [1.29, 1.82) is 0 Å². The van der Waals surface area contributed by atoms with Gasteiger partial charge in [-0.15, -0.1) is 0 Å². The Morgan fingerprint density at radius 2 is 1.46 bits per heavy atom. The summed E-state index contributed by atoms with van der Waals surface area (Å²) in [4.78, 5) is 16.5. The second kappa shape index (κ2) is 6.78. The minimum atomic E-state index is -0.434. The quantitative estimate of drug-likeness (QED) is 0.432. The van der Waals surface area contributed by atoms with E-state index >= 15 is 0 Å². The molecular weight excluding hydrogens is 329 g/mol. The van der Waals surface area contributed by atoms with E-state index in [1.54, 1.807) is 36.4 Å². The van der Waals surface area contributed by atoms with Crippen LogP contribution in [0.25, 0.3) is 22.5 Å². The van der Waals surface area contributed by atoms with Gasteiger partial charge in [-0.1, -0.05) is 23.7 Å². The molecule has 2 aromatic carbocycles. The number of nitrogens with one attached hydrogen (secondary N) is 1. The summed E-state index contributed by atoms with van der Waals surface area (Å²) in [5, 5.41) is 0.605. The van der Waals surface area contributed by atoms with Crippen LogP contribution in [0.5, 0.6) is 0 Å². The molecule has 0 aliphatic carbocycles. The number of hydrogen-bond acceptors (Lipinski definition) is 3. The standard InChI is InChI=1S/C18H13ClFN3O/c19-14-5-1-11(2-6-14)16-9-13(18(24)23-21)10-17(22-16)12-3-7-15(20)8-4-12/h1-10H,21H2,(H,23,24). The zero-order chi connectivity index (χ0) is 17.1. The molecule has 0 fully saturated rings. The van der Waals surface area contributed by atoms with E-state index in [4.69, 9.17) is 17.4 Å². The molecule has 0 atom stereocenters. The van der Waals surface area contributed by atoms with Crippen LogP contribution in [0, 0.1) is 5.82 Å². The van der Waals surface area contributed by atoms with Crippen LogP contribution in [-0.4, -0.2) is 10.9 Å². The molecule has 120 valence electrons. The lowest BCUT2D eigenvalue weighted by Gasteiger charge is -2.09.